The van der Waals surface area contributed by atoms with Gasteiger partial charge in [-0.15, -0.1) is 0 Å². The van der Waals surface area contributed by atoms with Crippen molar-refractivity contribution < 1.29 is 9.66 Å². The molecule has 5 nitrogen and oxygen atoms in total. The van der Waals surface area contributed by atoms with Crippen LogP contribution in [0.15, 0.2) is 40.9 Å². The third-order valence-corrected chi connectivity index (χ3v) is 3.23. The van der Waals surface area contributed by atoms with Crippen LogP contribution in [0.4, 0.5) is 5.69 Å². The second kappa shape index (κ2) is 6.02. The number of aryl methyl sites for hydroxylation is 1. The molecule has 2 aromatic rings. The highest BCUT2D eigenvalue weighted by Gasteiger charge is 2.19. The molecule has 0 aliphatic heterocycles. The summed E-state index contributed by atoms with van der Waals surface area (Å²) in [5, 5.41) is 11.1. The van der Waals surface area contributed by atoms with Crippen molar-refractivity contribution in [3.05, 3.63) is 62.1 Å². The van der Waals surface area contributed by atoms with Crippen molar-refractivity contribution in [1.29, 1.82) is 0 Å². The van der Waals surface area contributed by atoms with E-state index >= 15 is 0 Å². The first-order valence-electron chi connectivity index (χ1n) is 5.92. The maximum Gasteiger partial charge on any atom is 0.312 e. The zero-order valence-corrected chi connectivity index (χ0v) is 12.4. The SMILES string of the molecule is Cc1cc(Br)cc([N+](=O)[O-])c1Oc1cccc(CN)c1. The number of nitro benzene ring substituents is 1. The van der Waals surface area contributed by atoms with Gasteiger partial charge < -0.3 is 10.5 Å². The van der Waals surface area contributed by atoms with Gasteiger partial charge >= 0.3 is 5.69 Å². The van der Waals surface area contributed by atoms with E-state index in [1.54, 1.807) is 31.2 Å². The Morgan fingerprint density at radius 1 is 1.35 bits per heavy atom. The molecule has 0 aliphatic carbocycles. The summed E-state index contributed by atoms with van der Waals surface area (Å²) < 4.78 is 6.32. The number of hydrogen-bond donors (Lipinski definition) is 1. The normalized spacial score (nSPS) is 10.3. The van der Waals surface area contributed by atoms with Crippen LogP contribution < -0.4 is 10.5 Å². The Morgan fingerprint density at radius 3 is 2.75 bits per heavy atom. The molecule has 0 saturated carbocycles. The van der Waals surface area contributed by atoms with Crippen LogP contribution >= 0.6 is 15.9 Å². The summed E-state index contributed by atoms with van der Waals surface area (Å²) >= 11 is 3.25. The molecule has 0 spiro atoms. The molecule has 0 atom stereocenters. The van der Waals surface area contributed by atoms with Gasteiger partial charge in [-0.1, -0.05) is 28.1 Å². The topological polar surface area (TPSA) is 78.4 Å². The molecule has 2 rings (SSSR count). The van der Waals surface area contributed by atoms with E-state index in [1.807, 2.05) is 6.07 Å². The van der Waals surface area contributed by atoms with Gasteiger partial charge in [0, 0.05) is 17.1 Å². The lowest BCUT2D eigenvalue weighted by Gasteiger charge is -2.10. The lowest BCUT2D eigenvalue weighted by Crippen LogP contribution is -1.98. The van der Waals surface area contributed by atoms with Crippen LogP contribution in [0.3, 0.4) is 0 Å². The molecule has 0 bridgehead atoms. The summed E-state index contributed by atoms with van der Waals surface area (Å²) in [6.45, 7) is 2.15. The number of nitrogens with zero attached hydrogens (tertiary/aromatic N) is 1. The highest BCUT2D eigenvalue weighted by molar-refractivity contribution is 9.10. The Bertz CT molecular complexity index is 659. The van der Waals surface area contributed by atoms with Gasteiger partial charge in [0.15, 0.2) is 0 Å². The average Bonchev–Trinajstić information content (AvgIpc) is 2.41. The first-order chi connectivity index (χ1) is 9.51. The molecule has 0 unspecified atom stereocenters. The fraction of sp³-hybridized carbons (Fsp3) is 0.143. The number of nitro groups is 1. The minimum Gasteiger partial charge on any atom is -0.450 e. The van der Waals surface area contributed by atoms with Gasteiger partial charge in [0.05, 0.1) is 4.92 Å². The minimum absolute atomic E-state index is 0.0740. The second-order valence-corrected chi connectivity index (χ2v) is 5.20. The van der Waals surface area contributed by atoms with Gasteiger partial charge in [-0.3, -0.25) is 10.1 Å². The number of ether oxygens (including phenoxy) is 1. The number of hydrogen-bond acceptors (Lipinski definition) is 4. The van der Waals surface area contributed by atoms with E-state index in [2.05, 4.69) is 15.9 Å². The predicted octanol–water partition coefficient (Wildman–Crippen LogP) is 3.92. The molecule has 104 valence electrons. The molecule has 0 fully saturated rings. The van der Waals surface area contributed by atoms with Crippen LogP contribution in [0.5, 0.6) is 11.5 Å². The summed E-state index contributed by atoms with van der Waals surface area (Å²) in [6.07, 6.45) is 0. The Hall–Kier alpha value is -1.92. The Balaban J connectivity index is 2.44. The molecular weight excluding hydrogens is 324 g/mol. The Labute approximate surface area is 124 Å². The minimum atomic E-state index is -0.458. The number of nitrogens with two attached hydrogens (primary N) is 1. The van der Waals surface area contributed by atoms with Crippen LogP contribution in [0, 0.1) is 17.0 Å². The third kappa shape index (κ3) is 3.15. The smallest absolute Gasteiger partial charge is 0.312 e. The molecule has 2 N–H and O–H groups in total. The van der Waals surface area contributed by atoms with Gasteiger partial charge in [0.1, 0.15) is 5.75 Å². The maximum absolute atomic E-state index is 11.1. The van der Waals surface area contributed by atoms with Crippen molar-refractivity contribution in [2.75, 3.05) is 0 Å². The van der Waals surface area contributed by atoms with Crippen molar-refractivity contribution in [2.24, 2.45) is 5.73 Å². The first-order valence-corrected chi connectivity index (χ1v) is 6.72. The molecule has 2 aromatic carbocycles. The maximum atomic E-state index is 11.1. The molecule has 6 heteroatoms. The van der Waals surface area contributed by atoms with Gasteiger partial charge in [0.25, 0.3) is 0 Å². The zero-order valence-electron chi connectivity index (χ0n) is 10.8. The lowest BCUT2D eigenvalue weighted by molar-refractivity contribution is -0.385. The molecular formula is C14H13BrN2O3. The summed E-state index contributed by atoms with van der Waals surface area (Å²) in [5.41, 5.74) is 7.08. The van der Waals surface area contributed by atoms with E-state index in [9.17, 15) is 10.1 Å². The van der Waals surface area contributed by atoms with Crippen molar-refractivity contribution in [3.63, 3.8) is 0 Å². The largest absolute Gasteiger partial charge is 0.450 e. The summed E-state index contributed by atoms with van der Waals surface area (Å²) in [6, 6.07) is 10.4. The molecule has 0 aromatic heterocycles. The first kappa shape index (κ1) is 14.5. The monoisotopic (exact) mass is 336 g/mol. The standard InChI is InChI=1S/C14H13BrN2O3/c1-9-5-11(15)7-13(17(18)19)14(9)20-12-4-2-3-10(6-12)8-16/h2-7H,8,16H2,1H3. The van der Waals surface area contributed by atoms with Crippen LogP contribution in [-0.4, -0.2) is 4.92 Å². The summed E-state index contributed by atoms with van der Waals surface area (Å²) in [7, 11) is 0. The van der Waals surface area contributed by atoms with E-state index in [0.717, 1.165) is 5.56 Å². The van der Waals surface area contributed by atoms with Crippen LogP contribution in [0.1, 0.15) is 11.1 Å². The van der Waals surface area contributed by atoms with Crippen LogP contribution in [-0.2, 0) is 6.54 Å². The molecule has 0 saturated heterocycles. The molecule has 0 radical (unpaired) electrons. The zero-order chi connectivity index (χ0) is 14.7. The number of rotatable bonds is 4. The Morgan fingerprint density at radius 2 is 2.10 bits per heavy atom. The van der Waals surface area contributed by atoms with Crippen molar-refractivity contribution >= 4 is 21.6 Å². The van der Waals surface area contributed by atoms with Gasteiger partial charge in [-0.05, 0) is 36.2 Å². The van der Waals surface area contributed by atoms with Gasteiger partial charge in [0.2, 0.25) is 5.75 Å². The highest BCUT2D eigenvalue weighted by Crippen LogP contribution is 2.37. The van der Waals surface area contributed by atoms with E-state index < -0.39 is 4.92 Å². The van der Waals surface area contributed by atoms with Gasteiger partial charge in [-0.25, -0.2) is 0 Å². The van der Waals surface area contributed by atoms with Gasteiger partial charge in [-0.2, -0.15) is 0 Å². The van der Waals surface area contributed by atoms with E-state index in [1.165, 1.54) is 6.07 Å². The molecule has 20 heavy (non-hydrogen) atoms. The molecule has 0 aliphatic rings. The van der Waals surface area contributed by atoms with E-state index in [-0.39, 0.29) is 11.4 Å². The fourth-order valence-electron chi connectivity index (χ4n) is 1.83. The fourth-order valence-corrected chi connectivity index (χ4v) is 2.39. The predicted molar refractivity (Wildman–Crippen MR) is 79.9 cm³/mol. The summed E-state index contributed by atoms with van der Waals surface area (Å²) in [5.74, 6) is 0.772. The van der Waals surface area contributed by atoms with Crippen molar-refractivity contribution in [2.45, 2.75) is 13.5 Å². The highest BCUT2D eigenvalue weighted by atomic mass is 79.9. The van der Waals surface area contributed by atoms with Crippen LogP contribution in [0.25, 0.3) is 0 Å². The van der Waals surface area contributed by atoms with Crippen LogP contribution in [0.2, 0.25) is 0 Å². The quantitative estimate of drug-likeness (QED) is 0.677. The number of halogens is 1. The van der Waals surface area contributed by atoms with E-state index in [4.69, 9.17) is 10.5 Å². The number of benzene rings is 2. The third-order valence-electron chi connectivity index (χ3n) is 2.77. The van der Waals surface area contributed by atoms with Crippen molar-refractivity contribution in [1.82, 2.24) is 0 Å². The second-order valence-electron chi connectivity index (χ2n) is 4.28. The summed E-state index contributed by atoms with van der Waals surface area (Å²) in [4.78, 5) is 10.7. The molecule has 0 amide bonds. The van der Waals surface area contributed by atoms with Crippen molar-refractivity contribution in [3.8, 4) is 11.5 Å². The molecule has 0 heterocycles. The average molecular weight is 337 g/mol. The Kier molecular flexibility index (Phi) is 4.36. The lowest BCUT2D eigenvalue weighted by atomic mass is 10.2. The van der Waals surface area contributed by atoms with E-state index in [0.29, 0.717) is 22.3 Å².